The van der Waals surface area contributed by atoms with Crippen molar-refractivity contribution in [3.8, 4) is 0 Å². The van der Waals surface area contributed by atoms with Crippen molar-refractivity contribution in [1.82, 2.24) is 10.2 Å². The highest BCUT2D eigenvalue weighted by Crippen LogP contribution is 2.28. The molecule has 2 N–H and O–H groups in total. The van der Waals surface area contributed by atoms with Gasteiger partial charge in [-0.1, -0.05) is 26.7 Å². The van der Waals surface area contributed by atoms with Crippen LogP contribution in [-0.4, -0.2) is 39.8 Å². The molecule has 0 radical (unpaired) electrons. The summed E-state index contributed by atoms with van der Waals surface area (Å²) in [5.74, 6) is -0.934. The topological polar surface area (TPSA) is 122 Å². The van der Waals surface area contributed by atoms with E-state index in [1.807, 2.05) is 13.8 Å². The van der Waals surface area contributed by atoms with E-state index in [2.05, 4.69) is 10.6 Å². The van der Waals surface area contributed by atoms with Crippen LogP contribution in [0.25, 0.3) is 0 Å². The Balaban J connectivity index is 2.05. The third-order valence-electron chi connectivity index (χ3n) is 4.26. The van der Waals surface area contributed by atoms with E-state index in [9.17, 15) is 24.5 Å². The third kappa shape index (κ3) is 3.98. The Morgan fingerprint density at radius 2 is 1.77 bits per heavy atom. The average Bonchev–Trinajstić information content (AvgIpc) is 2.80. The summed E-state index contributed by atoms with van der Waals surface area (Å²) in [6, 6.07) is 4.73. The minimum Gasteiger partial charge on any atom is -0.325 e. The zero-order valence-corrected chi connectivity index (χ0v) is 14.8. The summed E-state index contributed by atoms with van der Waals surface area (Å²) in [7, 11) is 0. The number of benzene rings is 1. The fourth-order valence-corrected chi connectivity index (χ4v) is 3.15. The summed E-state index contributed by atoms with van der Waals surface area (Å²) in [5, 5.41) is 15.9. The molecule has 2 rings (SSSR count). The van der Waals surface area contributed by atoms with Gasteiger partial charge in [0, 0.05) is 17.8 Å². The lowest BCUT2D eigenvalue weighted by molar-refractivity contribution is -0.384. The normalized spacial score (nSPS) is 15.7. The minimum atomic E-state index is -0.936. The van der Waals surface area contributed by atoms with Gasteiger partial charge in [-0.15, -0.1) is 0 Å². The van der Waals surface area contributed by atoms with Crippen LogP contribution in [0.2, 0.25) is 0 Å². The first-order valence-electron chi connectivity index (χ1n) is 8.51. The number of rotatable bonds is 8. The summed E-state index contributed by atoms with van der Waals surface area (Å²) < 4.78 is 0. The van der Waals surface area contributed by atoms with Gasteiger partial charge >= 0.3 is 6.03 Å². The standard InChI is InChI=1S/C17H22N4O5/c1-3-9-17(10-4-2)15(23)20(16(24)19-17)11-14(22)18-12-5-7-13(8-6-12)21(25)26/h5-8H,3-4,9-11H2,1-2H3,(H,18,22)(H,19,24). The van der Waals surface area contributed by atoms with E-state index >= 15 is 0 Å². The lowest BCUT2D eigenvalue weighted by Crippen LogP contribution is -2.47. The third-order valence-corrected chi connectivity index (χ3v) is 4.26. The first kappa shape index (κ1) is 19.4. The van der Waals surface area contributed by atoms with Gasteiger partial charge in [0.25, 0.3) is 11.6 Å². The van der Waals surface area contributed by atoms with Gasteiger partial charge < -0.3 is 10.6 Å². The van der Waals surface area contributed by atoms with Crippen molar-refractivity contribution in [1.29, 1.82) is 0 Å². The van der Waals surface area contributed by atoms with Gasteiger partial charge in [-0.2, -0.15) is 0 Å². The second kappa shape index (κ2) is 7.94. The van der Waals surface area contributed by atoms with E-state index in [1.165, 1.54) is 24.3 Å². The molecule has 1 aliphatic rings. The molecule has 1 fully saturated rings. The van der Waals surface area contributed by atoms with Crippen molar-refractivity contribution in [2.45, 2.75) is 45.1 Å². The van der Waals surface area contributed by atoms with Gasteiger partial charge in [0.15, 0.2) is 0 Å². The van der Waals surface area contributed by atoms with Crippen molar-refractivity contribution >= 4 is 29.2 Å². The van der Waals surface area contributed by atoms with Crippen LogP contribution in [0.3, 0.4) is 0 Å². The Morgan fingerprint density at radius 1 is 1.19 bits per heavy atom. The molecule has 26 heavy (non-hydrogen) atoms. The number of non-ortho nitro benzene ring substituents is 1. The molecule has 9 heteroatoms. The number of nitro benzene ring substituents is 1. The smallest absolute Gasteiger partial charge is 0.325 e. The molecule has 0 atom stereocenters. The van der Waals surface area contributed by atoms with Crippen LogP contribution >= 0.6 is 0 Å². The molecule has 0 aromatic heterocycles. The number of amides is 4. The number of hydrogen-bond donors (Lipinski definition) is 2. The molecule has 0 unspecified atom stereocenters. The molecule has 9 nitrogen and oxygen atoms in total. The number of urea groups is 1. The Bertz CT molecular complexity index is 710. The van der Waals surface area contributed by atoms with E-state index in [1.54, 1.807) is 0 Å². The van der Waals surface area contributed by atoms with Crippen molar-refractivity contribution in [3.05, 3.63) is 34.4 Å². The summed E-state index contributed by atoms with van der Waals surface area (Å²) in [5.41, 5.74) is -0.684. The maximum absolute atomic E-state index is 12.7. The van der Waals surface area contributed by atoms with Crippen LogP contribution in [0, 0.1) is 10.1 Å². The van der Waals surface area contributed by atoms with Gasteiger partial charge in [-0.25, -0.2) is 4.79 Å². The fraction of sp³-hybridized carbons (Fsp3) is 0.471. The van der Waals surface area contributed by atoms with Crippen molar-refractivity contribution in [3.63, 3.8) is 0 Å². The van der Waals surface area contributed by atoms with E-state index < -0.39 is 28.9 Å². The lowest BCUT2D eigenvalue weighted by atomic mass is 9.88. The molecule has 0 bridgehead atoms. The molecule has 1 heterocycles. The van der Waals surface area contributed by atoms with Gasteiger partial charge in [0.1, 0.15) is 12.1 Å². The molecular formula is C17H22N4O5. The number of anilines is 1. The highest BCUT2D eigenvalue weighted by molar-refractivity contribution is 6.10. The minimum absolute atomic E-state index is 0.0963. The van der Waals surface area contributed by atoms with Crippen LogP contribution in [-0.2, 0) is 9.59 Å². The van der Waals surface area contributed by atoms with Crippen molar-refractivity contribution in [2.75, 3.05) is 11.9 Å². The predicted octanol–water partition coefficient (Wildman–Crippen LogP) is 2.42. The van der Waals surface area contributed by atoms with Gasteiger partial charge in [0.2, 0.25) is 5.91 Å². The second-order valence-corrected chi connectivity index (χ2v) is 6.26. The average molecular weight is 362 g/mol. The second-order valence-electron chi connectivity index (χ2n) is 6.26. The Kier molecular flexibility index (Phi) is 5.91. The molecule has 1 aliphatic heterocycles. The molecule has 1 aromatic carbocycles. The Morgan fingerprint density at radius 3 is 2.27 bits per heavy atom. The number of nitrogens with one attached hydrogen (secondary N) is 2. The molecule has 1 saturated heterocycles. The van der Waals surface area contributed by atoms with Crippen LogP contribution in [0.1, 0.15) is 39.5 Å². The molecule has 0 saturated carbocycles. The van der Waals surface area contributed by atoms with Crippen molar-refractivity contribution < 1.29 is 19.3 Å². The zero-order valence-electron chi connectivity index (χ0n) is 14.8. The Labute approximate surface area is 150 Å². The highest BCUT2D eigenvalue weighted by atomic mass is 16.6. The number of imide groups is 1. The SMILES string of the molecule is CCCC1(CCC)NC(=O)N(CC(=O)Nc2ccc([N+](=O)[O-])cc2)C1=O. The van der Waals surface area contributed by atoms with Crippen LogP contribution in [0.15, 0.2) is 24.3 Å². The molecule has 4 amide bonds. The van der Waals surface area contributed by atoms with E-state index in [0.717, 1.165) is 17.7 Å². The summed E-state index contributed by atoms with van der Waals surface area (Å²) in [6.07, 6.45) is 2.50. The number of carbonyl (C=O) groups excluding carboxylic acids is 3. The maximum atomic E-state index is 12.7. The first-order valence-corrected chi connectivity index (χ1v) is 8.51. The number of nitro groups is 1. The maximum Gasteiger partial charge on any atom is 0.325 e. The quantitative estimate of drug-likeness (QED) is 0.418. The number of hydrogen-bond acceptors (Lipinski definition) is 5. The summed E-state index contributed by atoms with van der Waals surface area (Å²) in [6.45, 7) is 3.46. The van der Waals surface area contributed by atoms with Crippen LogP contribution in [0.4, 0.5) is 16.2 Å². The monoisotopic (exact) mass is 362 g/mol. The van der Waals surface area contributed by atoms with E-state index in [-0.39, 0.29) is 11.6 Å². The number of carbonyl (C=O) groups is 3. The Hall–Kier alpha value is -2.97. The highest BCUT2D eigenvalue weighted by Gasteiger charge is 2.50. The van der Waals surface area contributed by atoms with Crippen LogP contribution in [0.5, 0.6) is 0 Å². The van der Waals surface area contributed by atoms with E-state index in [0.29, 0.717) is 18.5 Å². The zero-order chi connectivity index (χ0) is 19.3. The van der Waals surface area contributed by atoms with E-state index in [4.69, 9.17) is 0 Å². The predicted molar refractivity (Wildman–Crippen MR) is 94.5 cm³/mol. The number of nitrogens with zero attached hydrogens (tertiary/aromatic N) is 2. The lowest BCUT2D eigenvalue weighted by Gasteiger charge is -2.25. The molecular weight excluding hydrogens is 340 g/mol. The summed E-state index contributed by atoms with van der Waals surface area (Å²) >= 11 is 0. The molecule has 140 valence electrons. The van der Waals surface area contributed by atoms with Crippen molar-refractivity contribution in [2.24, 2.45) is 0 Å². The van der Waals surface area contributed by atoms with Gasteiger partial charge in [0.05, 0.1) is 4.92 Å². The van der Waals surface area contributed by atoms with Gasteiger partial charge in [-0.3, -0.25) is 24.6 Å². The molecule has 1 aromatic rings. The first-order chi connectivity index (χ1) is 12.3. The summed E-state index contributed by atoms with van der Waals surface area (Å²) in [4.78, 5) is 48.1. The van der Waals surface area contributed by atoms with Crippen LogP contribution < -0.4 is 10.6 Å². The fourth-order valence-electron chi connectivity index (χ4n) is 3.15. The largest absolute Gasteiger partial charge is 0.325 e. The van der Waals surface area contributed by atoms with Gasteiger partial charge in [-0.05, 0) is 25.0 Å². The molecule has 0 aliphatic carbocycles. The molecule has 0 spiro atoms.